The molecule has 0 radical (unpaired) electrons. The highest BCUT2D eigenvalue weighted by Gasteiger charge is 2.26. The summed E-state index contributed by atoms with van der Waals surface area (Å²) in [6.07, 6.45) is 0. The minimum atomic E-state index is 0.0178. The Morgan fingerprint density at radius 3 is 1.95 bits per heavy atom. The molecule has 0 amide bonds. The number of hydrogen-bond donors (Lipinski definition) is 0. The van der Waals surface area contributed by atoms with Gasteiger partial charge < -0.3 is 0 Å². The fourth-order valence-electron chi connectivity index (χ4n) is 2.82. The number of rotatable bonds is 2. The average molecular weight is 317 g/mol. The van der Waals surface area contributed by atoms with E-state index in [1.807, 2.05) is 0 Å². The van der Waals surface area contributed by atoms with E-state index in [1.165, 1.54) is 27.8 Å². The highest BCUT2D eigenvalue weighted by molar-refractivity contribution is 9.10. The van der Waals surface area contributed by atoms with Gasteiger partial charge in [0.25, 0.3) is 0 Å². The van der Waals surface area contributed by atoms with Crippen molar-refractivity contribution < 1.29 is 0 Å². The van der Waals surface area contributed by atoms with Gasteiger partial charge in [-0.25, -0.2) is 0 Å². The van der Waals surface area contributed by atoms with Gasteiger partial charge in [-0.1, -0.05) is 59.6 Å². The Morgan fingerprint density at radius 2 is 1.32 bits per heavy atom. The van der Waals surface area contributed by atoms with Crippen LogP contribution in [0.15, 0.2) is 40.9 Å². The van der Waals surface area contributed by atoms with Gasteiger partial charge in [0.2, 0.25) is 0 Å². The minimum Gasteiger partial charge on any atom is -0.0590 e. The van der Waals surface area contributed by atoms with Crippen molar-refractivity contribution in [1.29, 1.82) is 0 Å². The van der Waals surface area contributed by atoms with E-state index in [0.717, 1.165) is 4.47 Å². The van der Waals surface area contributed by atoms with Gasteiger partial charge in [0.05, 0.1) is 0 Å². The summed E-state index contributed by atoms with van der Waals surface area (Å²) >= 11 is 3.59. The summed E-state index contributed by atoms with van der Waals surface area (Å²) in [4.78, 5) is 0. The molecule has 0 saturated heterocycles. The predicted molar refractivity (Wildman–Crippen MR) is 86.9 cm³/mol. The second-order valence-electron chi connectivity index (χ2n) is 5.90. The van der Waals surface area contributed by atoms with Crippen molar-refractivity contribution in [3.63, 3.8) is 0 Å². The first-order valence-electron chi connectivity index (χ1n) is 6.67. The normalized spacial score (nSPS) is 11.7. The first kappa shape index (κ1) is 14.3. The Hall–Kier alpha value is -1.08. The number of benzene rings is 2. The molecule has 0 unspecified atom stereocenters. The quantitative estimate of drug-likeness (QED) is 0.666. The summed E-state index contributed by atoms with van der Waals surface area (Å²) in [6, 6.07) is 13.3. The molecule has 0 N–H and O–H groups in total. The topological polar surface area (TPSA) is 0 Å². The minimum absolute atomic E-state index is 0.0178. The second kappa shape index (κ2) is 5.13. The molecule has 0 aliphatic carbocycles. The lowest BCUT2D eigenvalue weighted by Gasteiger charge is -2.30. The summed E-state index contributed by atoms with van der Waals surface area (Å²) < 4.78 is 1.14. The average Bonchev–Trinajstić information content (AvgIpc) is 2.35. The smallest absolute Gasteiger partial charge is 0.0178 e. The van der Waals surface area contributed by atoms with Crippen LogP contribution in [-0.2, 0) is 5.41 Å². The van der Waals surface area contributed by atoms with E-state index in [9.17, 15) is 0 Å². The van der Waals surface area contributed by atoms with Crippen LogP contribution >= 0.6 is 15.9 Å². The molecule has 100 valence electrons. The maximum absolute atomic E-state index is 3.59. The SMILES string of the molecule is Cc1ccc(C)c(C(C)(C)c2cc(Br)ccc2C)c1. The maximum atomic E-state index is 3.59. The van der Waals surface area contributed by atoms with Crippen molar-refractivity contribution in [3.05, 3.63) is 68.7 Å². The number of hydrogen-bond acceptors (Lipinski definition) is 0. The molecule has 2 aromatic carbocycles. The Labute approximate surface area is 125 Å². The molecule has 2 rings (SSSR count). The van der Waals surface area contributed by atoms with Crippen LogP contribution in [0, 0.1) is 20.8 Å². The zero-order valence-electron chi connectivity index (χ0n) is 12.3. The van der Waals surface area contributed by atoms with Crippen LogP contribution in [0.2, 0.25) is 0 Å². The van der Waals surface area contributed by atoms with Gasteiger partial charge in [-0.05, 0) is 55.2 Å². The van der Waals surface area contributed by atoms with Crippen molar-refractivity contribution in [3.8, 4) is 0 Å². The summed E-state index contributed by atoms with van der Waals surface area (Å²) in [5.41, 5.74) is 6.83. The fourth-order valence-corrected chi connectivity index (χ4v) is 3.18. The summed E-state index contributed by atoms with van der Waals surface area (Å²) in [5.74, 6) is 0. The summed E-state index contributed by atoms with van der Waals surface area (Å²) in [5, 5.41) is 0. The van der Waals surface area contributed by atoms with Crippen LogP contribution in [0.4, 0.5) is 0 Å². The van der Waals surface area contributed by atoms with E-state index in [1.54, 1.807) is 0 Å². The highest BCUT2D eigenvalue weighted by Crippen LogP contribution is 2.36. The molecular formula is C18H21Br. The van der Waals surface area contributed by atoms with Crippen molar-refractivity contribution in [1.82, 2.24) is 0 Å². The Bertz CT molecular complexity index is 556. The van der Waals surface area contributed by atoms with Gasteiger partial charge in [0, 0.05) is 9.89 Å². The van der Waals surface area contributed by atoms with Crippen molar-refractivity contribution in [2.45, 2.75) is 40.0 Å². The Morgan fingerprint density at radius 1 is 0.789 bits per heavy atom. The van der Waals surface area contributed by atoms with Crippen molar-refractivity contribution >= 4 is 15.9 Å². The molecular weight excluding hydrogens is 296 g/mol. The van der Waals surface area contributed by atoms with Crippen LogP contribution < -0.4 is 0 Å². The van der Waals surface area contributed by atoms with Gasteiger partial charge >= 0.3 is 0 Å². The molecule has 0 bridgehead atoms. The second-order valence-corrected chi connectivity index (χ2v) is 6.82. The first-order valence-corrected chi connectivity index (χ1v) is 7.46. The fraction of sp³-hybridized carbons (Fsp3) is 0.333. The lowest BCUT2D eigenvalue weighted by molar-refractivity contribution is 0.630. The molecule has 0 fully saturated rings. The highest BCUT2D eigenvalue weighted by atomic mass is 79.9. The molecule has 0 atom stereocenters. The lowest BCUT2D eigenvalue weighted by Crippen LogP contribution is -2.21. The van der Waals surface area contributed by atoms with E-state index in [4.69, 9.17) is 0 Å². The third kappa shape index (κ3) is 2.76. The maximum Gasteiger partial charge on any atom is 0.0178 e. The van der Waals surface area contributed by atoms with Crippen molar-refractivity contribution in [2.24, 2.45) is 0 Å². The van der Waals surface area contributed by atoms with E-state index in [-0.39, 0.29) is 5.41 Å². The van der Waals surface area contributed by atoms with Crippen LogP contribution in [-0.4, -0.2) is 0 Å². The van der Waals surface area contributed by atoms with Crippen molar-refractivity contribution in [2.75, 3.05) is 0 Å². The predicted octanol–water partition coefficient (Wildman–Crippen LogP) is 5.70. The molecule has 0 saturated carbocycles. The zero-order valence-corrected chi connectivity index (χ0v) is 13.9. The van der Waals surface area contributed by atoms with Gasteiger partial charge in [-0.15, -0.1) is 0 Å². The molecule has 0 spiro atoms. The molecule has 0 aromatic heterocycles. The molecule has 0 heterocycles. The van der Waals surface area contributed by atoms with Crippen LogP contribution in [0.1, 0.15) is 41.7 Å². The van der Waals surface area contributed by atoms with Gasteiger partial charge in [-0.3, -0.25) is 0 Å². The zero-order chi connectivity index (χ0) is 14.2. The molecule has 0 aliphatic heterocycles. The van der Waals surface area contributed by atoms with Crippen LogP contribution in [0.3, 0.4) is 0 Å². The third-order valence-corrected chi connectivity index (χ3v) is 4.43. The summed E-state index contributed by atoms with van der Waals surface area (Å²) in [6.45, 7) is 11.2. The number of aryl methyl sites for hydroxylation is 3. The van der Waals surface area contributed by atoms with Gasteiger partial charge in [0.1, 0.15) is 0 Å². The molecule has 0 nitrogen and oxygen atoms in total. The summed E-state index contributed by atoms with van der Waals surface area (Å²) in [7, 11) is 0. The largest absolute Gasteiger partial charge is 0.0590 e. The van der Waals surface area contributed by atoms with E-state index >= 15 is 0 Å². The first-order chi connectivity index (χ1) is 8.82. The van der Waals surface area contributed by atoms with Crippen LogP contribution in [0.25, 0.3) is 0 Å². The molecule has 19 heavy (non-hydrogen) atoms. The monoisotopic (exact) mass is 316 g/mol. The van der Waals surface area contributed by atoms with E-state index in [0.29, 0.717) is 0 Å². The molecule has 1 heteroatoms. The van der Waals surface area contributed by atoms with E-state index < -0.39 is 0 Å². The standard InChI is InChI=1S/C18H21Br/c1-12-6-7-13(2)16(10-12)18(4,5)17-11-15(19)9-8-14(17)3/h6-11H,1-5H3. The van der Waals surface area contributed by atoms with E-state index in [2.05, 4.69) is 86.9 Å². The van der Waals surface area contributed by atoms with Gasteiger partial charge in [-0.2, -0.15) is 0 Å². The lowest BCUT2D eigenvalue weighted by atomic mass is 9.74. The van der Waals surface area contributed by atoms with Crippen LogP contribution in [0.5, 0.6) is 0 Å². The third-order valence-electron chi connectivity index (χ3n) is 3.94. The molecule has 0 aliphatic rings. The van der Waals surface area contributed by atoms with Gasteiger partial charge in [0.15, 0.2) is 0 Å². The Balaban J connectivity index is 2.64. The number of halogens is 1. The molecule has 2 aromatic rings. The Kier molecular flexibility index (Phi) is 3.87.